The van der Waals surface area contributed by atoms with Crippen molar-refractivity contribution >= 4 is 28.8 Å². The van der Waals surface area contributed by atoms with E-state index in [0.717, 1.165) is 35.2 Å². The summed E-state index contributed by atoms with van der Waals surface area (Å²) in [5.74, 6) is -3.16. The molecule has 204 valence electrons. The summed E-state index contributed by atoms with van der Waals surface area (Å²) in [6, 6.07) is 12.0. The summed E-state index contributed by atoms with van der Waals surface area (Å²) in [6.07, 6.45) is 2.79. The molecule has 3 unspecified atom stereocenters. The molecule has 0 aromatic heterocycles. The Hall–Kier alpha value is -3.87. The number of ketones is 3. The molecular formula is C32H35NO6. The predicted molar refractivity (Wildman–Crippen MR) is 150 cm³/mol. The van der Waals surface area contributed by atoms with Gasteiger partial charge in [0.05, 0.1) is 23.7 Å². The molecule has 5 rings (SSSR count). The molecule has 39 heavy (non-hydrogen) atoms. The van der Waals surface area contributed by atoms with Crippen LogP contribution in [-0.2, 0) is 20.8 Å². The molecular weight excluding hydrogens is 494 g/mol. The van der Waals surface area contributed by atoms with Gasteiger partial charge in [-0.1, -0.05) is 31.5 Å². The van der Waals surface area contributed by atoms with Gasteiger partial charge in [0.2, 0.25) is 0 Å². The van der Waals surface area contributed by atoms with Gasteiger partial charge in [-0.15, -0.1) is 0 Å². The van der Waals surface area contributed by atoms with Crippen LogP contribution in [-0.4, -0.2) is 48.3 Å². The highest BCUT2D eigenvalue weighted by Gasteiger charge is 2.50. The van der Waals surface area contributed by atoms with Crippen molar-refractivity contribution in [3.8, 4) is 16.9 Å². The molecule has 3 aliphatic rings. The lowest BCUT2D eigenvalue weighted by Gasteiger charge is -2.41. The number of aliphatic hydroxyl groups is 2. The molecule has 0 bridgehead atoms. The van der Waals surface area contributed by atoms with Crippen LogP contribution in [0, 0.1) is 17.8 Å². The molecule has 0 aliphatic heterocycles. The number of fused-ring (bicyclic) bond motifs is 3. The Morgan fingerprint density at radius 2 is 1.77 bits per heavy atom. The van der Waals surface area contributed by atoms with Gasteiger partial charge in [0, 0.05) is 31.8 Å². The second-order valence-electron chi connectivity index (χ2n) is 11.1. The topological polar surface area (TPSA) is 104 Å². The Morgan fingerprint density at radius 1 is 1.05 bits per heavy atom. The van der Waals surface area contributed by atoms with E-state index in [-0.39, 0.29) is 29.2 Å². The zero-order chi connectivity index (χ0) is 28.0. The van der Waals surface area contributed by atoms with Crippen LogP contribution in [0.5, 0.6) is 5.75 Å². The molecule has 2 aromatic rings. The van der Waals surface area contributed by atoms with Crippen LogP contribution in [0.1, 0.15) is 50.7 Å². The van der Waals surface area contributed by atoms with Gasteiger partial charge in [-0.05, 0) is 72.9 Å². The summed E-state index contributed by atoms with van der Waals surface area (Å²) in [5, 5.41) is 22.6. The van der Waals surface area contributed by atoms with Gasteiger partial charge in [0.25, 0.3) is 0 Å². The number of benzene rings is 2. The number of carbonyl (C=O) groups is 3. The molecule has 0 saturated heterocycles. The van der Waals surface area contributed by atoms with E-state index in [1.807, 2.05) is 55.4 Å². The molecule has 3 aliphatic carbocycles. The second-order valence-corrected chi connectivity index (χ2v) is 11.1. The third-order valence-electron chi connectivity index (χ3n) is 8.31. The van der Waals surface area contributed by atoms with Crippen LogP contribution in [0.2, 0.25) is 0 Å². The lowest BCUT2D eigenvalue weighted by Crippen LogP contribution is -2.43. The minimum absolute atomic E-state index is 0.0335. The normalized spacial score (nSPS) is 22.3. The van der Waals surface area contributed by atoms with Crippen molar-refractivity contribution in [2.75, 3.05) is 25.6 Å². The highest BCUT2D eigenvalue weighted by molar-refractivity contribution is 6.22. The number of hydrogen-bond acceptors (Lipinski definition) is 7. The maximum Gasteiger partial charge on any atom is 0.173 e. The first kappa shape index (κ1) is 26.7. The van der Waals surface area contributed by atoms with Crippen molar-refractivity contribution in [2.45, 2.75) is 46.0 Å². The zero-order valence-corrected chi connectivity index (χ0v) is 22.9. The number of rotatable bonds is 7. The zero-order valence-electron chi connectivity index (χ0n) is 22.9. The number of unbranched alkanes of at least 4 members (excludes halogenated alkanes) is 1. The van der Waals surface area contributed by atoms with Gasteiger partial charge in [0.1, 0.15) is 17.3 Å². The van der Waals surface area contributed by atoms with E-state index in [4.69, 9.17) is 4.74 Å². The van der Waals surface area contributed by atoms with Gasteiger partial charge in [-0.2, -0.15) is 0 Å². The summed E-state index contributed by atoms with van der Waals surface area (Å²) in [7, 11) is 3.97. The minimum atomic E-state index is -0.997. The number of allylic oxidation sites excluding steroid dienone is 3. The summed E-state index contributed by atoms with van der Waals surface area (Å²) >= 11 is 0. The molecule has 1 saturated carbocycles. The van der Waals surface area contributed by atoms with Crippen molar-refractivity contribution in [1.82, 2.24) is 0 Å². The van der Waals surface area contributed by atoms with Crippen LogP contribution in [0.4, 0.5) is 5.69 Å². The fraction of sp³-hybridized carbons (Fsp3) is 0.406. The maximum atomic E-state index is 13.8. The summed E-state index contributed by atoms with van der Waals surface area (Å²) in [5.41, 5.74) is 4.42. The predicted octanol–water partition coefficient (Wildman–Crippen LogP) is 5.62. The van der Waals surface area contributed by atoms with E-state index >= 15 is 0 Å². The fourth-order valence-corrected chi connectivity index (χ4v) is 6.40. The third kappa shape index (κ3) is 4.54. The molecule has 2 aromatic carbocycles. The number of Topliss-reactive ketones (excluding diaryl/α,β-unsaturated/α-hetero) is 3. The van der Waals surface area contributed by atoms with Gasteiger partial charge >= 0.3 is 0 Å². The number of ether oxygens (including phenoxy) is 1. The smallest absolute Gasteiger partial charge is 0.173 e. The van der Waals surface area contributed by atoms with Crippen LogP contribution in [0.25, 0.3) is 16.9 Å². The fourth-order valence-electron chi connectivity index (χ4n) is 6.40. The molecule has 1 fully saturated rings. The monoisotopic (exact) mass is 529 g/mol. The van der Waals surface area contributed by atoms with Gasteiger partial charge in [-0.3, -0.25) is 14.4 Å². The van der Waals surface area contributed by atoms with E-state index in [1.54, 1.807) is 0 Å². The van der Waals surface area contributed by atoms with Crippen LogP contribution >= 0.6 is 0 Å². The van der Waals surface area contributed by atoms with Crippen molar-refractivity contribution in [3.63, 3.8) is 0 Å². The van der Waals surface area contributed by atoms with E-state index in [9.17, 15) is 24.6 Å². The van der Waals surface area contributed by atoms with E-state index in [2.05, 4.69) is 6.92 Å². The molecule has 7 nitrogen and oxygen atoms in total. The van der Waals surface area contributed by atoms with Gasteiger partial charge < -0.3 is 19.8 Å². The van der Waals surface area contributed by atoms with Gasteiger partial charge in [-0.25, -0.2) is 0 Å². The Labute approximate surface area is 228 Å². The summed E-state index contributed by atoms with van der Waals surface area (Å²) < 4.78 is 6.10. The largest absolute Gasteiger partial charge is 0.511 e. The number of carbonyl (C=O) groups excluding carboxylic acids is 3. The average molecular weight is 530 g/mol. The number of nitrogens with zero attached hydrogens (tertiary/aromatic N) is 1. The lowest BCUT2D eigenvalue weighted by atomic mass is 9.61. The number of aliphatic hydroxyl groups excluding tert-OH is 2. The van der Waals surface area contributed by atoms with Crippen LogP contribution in [0.3, 0.4) is 0 Å². The van der Waals surface area contributed by atoms with Crippen molar-refractivity contribution in [2.24, 2.45) is 17.8 Å². The Kier molecular flexibility index (Phi) is 7.10. The second kappa shape index (κ2) is 10.4. The number of hydrogen-bond donors (Lipinski definition) is 2. The van der Waals surface area contributed by atoms with Crippen molar-refractivity contribution in [3.05, 3.63) is 64.4 Å². The van der Waals surface area contributed by atoms with Crippen LogP contribution in [0.15, 0.2) is 53.3 Å². The van der Waals surface area contributed by atoms with Gasteiger partial charge in [0.15, 0.2) is 17.3 Å². The molecule has 7 heteroatoms. The SMILES string of the molecule is CCCCOc1ccc(-c2ccc(N(C)C)cc2)c2c1C(O)=C1C(=O)C3C(O)=C(C(C)=O)C(=O)CC3CC1C2. The molecule has 0 radical (unpaired) electrons. The van der Waals surface area contributed by atoms with Crippen molar-refractivity contribution in [1.29, 1.82) is 0 Å². The Morgan fingerprint density at radius 3 is 2.41 bits per heavy atom. The standard InChI is InChI=1S/C32H35NO6/c1-5-6-13-39-25-12-11-22(18-7-9-21(10-8-18)33(3)4)23-15-19-14-20-16-24(35)26(17(2)34)30(36)28(20)31(37)27(19)32(38)29(23)25/h7-12,19-20,28,36,38H,5-6,13-16H2,1-4H3. The molecule has 0 heterocycles. The quantitative estimate of drug-likeness (QED) is 0.354. The number of anilines is 1. The molecule has 2 N–H and O–H groups in total. The Bertz CT molecular complexity index is 1410. The van der Waals surface area contributed by atoms with E-state index in [1.165, 1.54) is 6.92 Å². The summed E-state index contributed by atoms with van der Waals surface area (Å²) in [6.45, 7) is 3.78. The first-order chi connectivity index (χ1) is 18.6. The van der Waals surface area contributed by atoms with E-state index < -0.39 is 34.9 Å². The highest BCUT2D eigenvalue weighted by Crippen LogP contribution is 2.51. The highest BCUT2D eigenvalue weighted by atomic mass is 16.5. The first-order valence-electron chi connectivity index (χ1n) is 13.6. The average Bonchev–Trinajstić information content (AvgIpc) is 2.88. The van der Waals surface area contributed by atoms with Crippen LogP contribution < -0.4 is 9.64 Å². The minimum Gasteiger partial charge on any atom is -0.511 e. The first-order valence-corrected chi connectivity index (χ1v) is 13.6. The van der Waals surface area contributed by atoms with Crippen molar-refractivity contribution < 1.29 is 29.3 Å². The lowest BCUT2D eigenvalue weighted by molar-refractivity contribution is -0.127. The molecule has 3 atom stereocenters. The molecule has 0 amide bonds. The Balaban J connectivity index is 1.65. The summed E-state index contributed by atoms with van der Waals surface area (Å²) in [4.78, 5) is 40.6. The van der Waals surface area contributed by atoms with E-state index in [0.29, 0.717) is 30.8 Å². The third-order valence-corrected chi connectivity index (χ3v) is 8.31. The maximum absolute atomic E-state index is 13.8. The molecule has 0 spiro atoms.